The first-order valence-corrected chi connectivity index (χ1v) is 9.08. The number of nitrogens with zero attached hydrogens (tertiary/aromatic N) is 1. The van der Waals surface area contributed by atoms with E-state index in [2.05, 4.69) is 26.1 Å². The fourth-order valence-electron chi connectivity index (χ4n) is 2.69. The molecule has 2 aromatic carbocycles. The van der Waals surface area contributed by atoms with Crippen LogP contribution in [0.15, 0.2) is 41.4 Å². The van der Waals surface area contributed by atoms with Crippen LogP contribution < -0.4 is 24.3 Å². The fourth-order valence-corrected chi connectivity index (χ4v) is 2.69. The molecule has 0 aliphatic carbocycles. The van der Waals surface area contributed by atoms with E-state index in [0.717, 1.165) is 35.1 Å². The number of ether oxygens (including phenoxy) is 4. The van der Waals surface area contributed by atoms with Crippen molar-refractivity contribution in [3.8, 4) is 23.0 Å². The molecule has 2 aromatic rings. The van der Waals surface area contributed by atoms with E-state index in [9.17, 15) is 0 Å². The van der Waals surface area contributed by atoms with Crippen LogP contribution in [0.3, 0.4) is 0 Å². The number of nitrogens with one attached hydrogen (secondary N) is 1. The number of anilines is 1. The molecular formula is C22H30N2O4. The summed E-state index contributed by atoms with van der Waals surface area (Å²) in [6.45, 7) is 6.50. The molecule has 0 aromatic heterocycles. The maximum Gasteiger partial charge on any atom is 0.148 e. The first kappa shape index (κ1) is 21.4. The monoisotopic (exact) mass is 386 g/mol. The topological polar surface area (TPSA) is 61.3 Å². The summed E-state index contributed by atoms with van der Waals surface area (Å²) in [6.07, 6.45) is 0.733. The van der Waals surface area contributed by atoms with Gasteiger partial charge in [0.15, 0.2) is 0 Å². The largest absolute Gasteiger partial charge is 0.497 e. The van der Waals surface area contributed by atoms with Gasteiger partial charge in [-0.1, -0.05) is 20.8 Å². The number of benzene rings is 2. The molecule has 6 nitrogen and oxygen atoms in total. The quantitative estimate of drug-likeness (QED) is 0.517. The lowest BCUT2D eigenvalue weighted by Gasteiger charge is -2.22. The Balaban J connectivity index is 2.45. The number of methoxy groups -OCH3 is 4. The van der Waals surface area contributed by atoms with Crippen LogP contribution in [0.25, 0.3) is 0 Å². The lowest BCUT2D eigenvalue weighted by atomic mass is 9.91. The van der Waals surface area contributed by atoms with Gasteiger partial charge in [0.05, 0.1) is 34.1 Å². The molecule has 0 fully saturated rings. The molecule has 2 rings (SSSR count). The Morgan fingerprint density at radius 2 is 1.39 bits per heavy atom. The molecule has 0 aliphatic rings. The van der Waals surface area contributed by atoms with Crippen LogP contribution in [0, 0.1) is 5.41 Å². The average Bonchev–Trinajstić information content (AvgIpc) is 2.67. The zero-order valence-electron chi connectivity index (χ0n) is 17.8. The SMILES string of the molecule is COc1ccc(N=C(CC(C)(C)C)Nc2ccc(OC)cc2OC)c(OC)c1. The molecule has 1 N–H and O–H groups in total. The molecule has 6 heteroatoms. The predicted molar refractivity (Wildman–Crippen MR) is 114 cm³/mol. The molecule has 0 radical (unpaired) electrons. The number of amidine groups is 1. The highest BCUT2D eigenvalue weighted by Gasteiger charge is 2.17. The van der Waals surface area contributed by atoms with Gasteiger partial charge in [-0.25, -0.2) is 4.99 Å². The number of hydrogen-bond acceptors (Lipinski definition) is 5. The van der Waals surface area contributed by atoms with Crippen molar-refractivity contribution < 1.29 is 18.9 Å². The first-order chi connectivity index (χ1) is 13.3. The van der Waals surface area contributed by atoms with Gasteiger partial charge in [0.2, 0.25) is 0 Å². The Bertz CT molecular complexity index is 826. The highest BCUT2D eigenvalue weighted by molar-refractivity contribution is 5.99. The molecular weight excluding hydrogens is 356 g/mol. The molecule has 0 saturated heterocycles. The van der Waals surface area contributed by atoms with Gasteiger partial charge in [-0.2, -0.15) is 0 Å². The van der Waals surface area contributed by atoms with E-state index in [-0.39, 0.29) is 5.41 Å². The van der Waals surface area contributed by atoms with Crippen LogP contribution in [0.2, 0.25) is 0 Å². The summed E-state index contributed by atoms with van der Waals surface area (Å²) in [7, 11) is 6.51. The van der Waals surface area contributed by atoms with Crippen molar-refractivity contribution in [3.63, 3.8) is 0 Å². The van der Waals surface area contributed by atoms with E-state index >= 15 is 0 Å². The van der Waals surface area contributed by atoms with Gasteiger partial charge >= 0.3 is 0 Å². The zero-order chi connectivity index (χ0) is 20.7. The minimum absolute atomic E-state index is 0.0330. The van der Waals surface area contributed by atoms with Gasteiger partial charge in [-0.15, -0.1) is 0 Å². The normalized spacial score (nSPS) is 11.8. The van der Waals surface area contributed by atoms with Gasteiger partial charge in [0, 0.05) is 18.6 Å². The van der Waals surface area contributed by atoms with Crippen LogP contribution in [-0.2, 0) is 0 Å². The summed E-state index contributed by atoms with van der Waals surface area (Å²) >= 11 is 0. The fraction of sp³-hybridized carbons (Fsp3) is 0.409. The third kappa shape index (κ3) is 5.81. The average molecular weight is 386 g/mol. The van der Waals surface area contributed by atoms with Gasteiger partial charge in [0.1, 0.15) is 34.5 Å². The van der Waals surface area contributed by atoms with Gasteiger partial charge in [0.25, 0.3) is 0 Å². The molecule has 0 saturated carbocycles. The summed E-state index contributed by atoms with van der Waals surface area (Å²) in [6, 6.07) is 11.2. The molecule has 28 heavy (non-hydrogen) atoms. The predicted octanol–water partition coefficient (Wildman–Crippen LogP) is 5.30. The Morgan fingerprint density at radius 3 is 1.93 bits per heavy atom. The Kier molecular flexibility index (Phi) is 7.15. The molecule has 0 bridgehead atoms. The molecule has 0 unspecified atom stereocenters. The van der Waals surface area contributed by atoms with Crippen LogP contribution in [0.5, 0.6) is 23.0 Å². The van der Waals surface area contributed by atoms with Crippen molar-refractivity contribution in [1.82, 2.24) is 0 Å². The van der Waals surface area contributed by atoms with Crippen molar-refractivity contribution in [2.75, 3.05) is 33.8 Å². The highest BCUT2D eigenvalue weighted by atomic mass is 16.5. The highest BCUT2D eigenvalue weighted by Crippen LogP contribution is 2.34. The van der Waals surface area contributed by atoms with Crippen molar-refractivity contribution in [3.05, 3.63) is 36.4 Å². The van der Waals surface area contributed by atoms with Crippen molar-refractivity contribution >= 4 is 17.2 Å². The van der Waals surface area contributed by atoms with Gasteiger partial charge < -0.3 is 24.3 Å². The third-order valence-electron chi connectivity index (χ3n) is 4.03. The van der Waals surface area contributed by atoms with Crippen LogP contribution in [-0.4, -0.2) is 34.3 Å². The Hall–Kier alpha value is -2.89. The van der Waals surface area contributed by atoms with E-state index < -0.39 is 0 Å². The number of aliphatic imine (C=N–C) groups is 1. The van der Waals surface area contributed by atoms with E-state index in [1.165, 1.54) is 0 Å². The first-order valence-electron chi connectivity index (χ1n) is 9.08. The Labute approximate surface area is 167 Å². The summed E-state index contributed by atoms with van der Waals surface area (Å²) in [4.78, 5) is 4.84. The molecule has 152 valence electrons. The second-order valence-electron chi connectivity index (χ2n) is 7.52. The van der Waals surface area contributed by atoms with Crippen LogP contribution in [0.1, 0.15) is 27.2 Å². The summed E-state index contributed by atoms with van der Waals surface area (Å²) < 4.78 is 21.5. The van der Waals surface area contributed by atoms with Crippen molar-refractivity contribution in [2.45, 2.75) is 27.2 Å². The second kappa shape index (κ2) is 9.35. The second-order valence-corrected chi connectivity index (χ2v) is 7.52. The van der Waals surface area contributed by atoms with Gasteiger partial charge in [-0.3, -0.25) is 0 Å². The molecule has 0 aliphatic heterocycles. The minimum Gasteiger partial charge on any atom is -0.497 e. The maximum absolute atomic E-state index is 5.51. The summed E-state index contributed by atoms with van der Waals surface area (Å²) in [5, 5.41) is 3.42. The molecule has 0 amide bonds. The van der Waals surface area contributed by atoms with Crippen LogP contribution in [0.4, 0.5) is 11.4 Å². The van der Waals surface area contributed by atoms with E-state index in [4.69, 9.17) is 23.9 Å². The molecule has 0 heterocycles. The number of hydrogen-bond donors (Lipinski definition) is 1. The van der Waals surface area contributed by atoms with E-state index in [1.807, 2.05) is 36.4 Å². The lowest BCUT2D eigenvalue weighted by molar-refractivity contribution is 0.395. The van der Waals surface area contributed by atoms with Gasteiger partial charge in [-0.05, 0) is 29.7 Å². The van der Waals surface area contributed by atoms with Crippen LogP contribution >= 0.6 is 0 Å². The maximum atomic E-state index is 5.51. The minimum atomic E-state index is 0.0330. The Morgan fingerprint density at radius 1 is 0.821 bits per heavy atom. The molecule has 0 atom stereocenters. The van der Waals surface area contributed by atoms with E-state index in [0.29, 0.717) is 11.5 Å². The molecule has 0 spiro atoms. The summed E-state index contributed by atoms with van der Waals surface area (Å²) in [5.41, 5.74) is 1.58. The summed E-state index contributed by atoms with van der Waals surface area (Å²) in [5.74, 6) is 3.59. The van der Waals surface area contributed by atoms with E-state index in [1.54, 1.807) is 28.4 Å². The lowest BCUT2D eigenvalue weighted by Crippen LogP contribution is -2.20. The van der Waals surface area contributed by atoms with Crippen molar-refractivity contribution in [1.29, 1.82) is 0 Å². The van der Waals surface area contributed by atoms with Crippen molar-refractivity contribution in [2.24, 2.45) is 10.4 Å². The smallest absolute Gasteiger partial charge is 0.148 e. The standard InChI is InChI=1S/C22H30N2O4/c1-22(2,3)14-21(23-17-10-8-15(25-4)12-19(17)27-6)24-18-11-9-16(26-5)13-20(18)28-7/h8-13H,14H2,1-7H3,(H,23,24). The third-order valence-corrected chi connectivity index (χ3v) is 4.03. The zero-order valence-corrected chi connectivity index (χ0v) is 17.8. The number of rotatable bonds is 7.